The molecule has 0 aromatic carbocycles. The highest BCUT2D eigenvalue weighted by atomic mass is 16.5. The summed E-state index contributed by atoms with van der Waals surface area (Å²) in [6.45, 7) is 10.8. The minimum absolute atomic E-state index is 0.201. The Morgan fingerprint density at radius 3 is 2.35 bits per heavy atom. The molecular formula is C15H28O2. The van der Waals surface area contributed by atoms with Gasteiger partial charge in [0.1, 0.15) is 0 Å². The molecule has 0 saturated carbocycles. The smallest absolute Gasteiger partial charge is 0.333 e. The van der Waals surface area contributed by atoms with E-state index in [2.05, 4.69) is 27.4 Å². The van der Waals surface area contributed by atoms with Gasteiger partial charge in [-0.3, -0.25) is 0 Å². The number of hydrogen-bond acceptors (Lipinski definition) is 2. The van der Waals surface area contributed by atoms with Crippen molar-refractivity contribution in [3.63, 3.8) is 0 Å². The lowest BCUT2D eigenvalue weighted by Crippen LogP contribution is -2.15. The maximum absolute atomic E-state index is 11.6. The first-order valence-electron chi connectivity index (χ1n) is 7.00. The Balaban J connectivity index is 3.83. The molecule has 2 heteroatoms. The Morgan fingerprint density at radius 1 is 1.18 bits per heavy atom. The first-order valence-corrected chi connectivity index (χ1v) is 7.00. The van der Waals surface area contributed by atoms with Gasteiger partial charge in [0.2, 0.25) is 0 Å². The van der Waals surface area contributed by atoms with E-state index in [-0.39, 0.29) is 5.97 Å². The Bertz CT molecular complexity index is 221. The predicted molar refractivity (Wildman–Crippen MR) is 72.9 cm³/mol. The second kappa shape index (κ2) is 10.4. The highest BCUT2D eigenvalue weighted by Gasteiger charge is 2.12. The summed E-state index contributed by atoms with van der Waals surface area (Å²) >= 11 is 0. The molecule has 0 aromatic rings. The molecule has 100 valence electrons. The number of carbonyl (C=O) groups is 1. The largest absolute Gasteiger partial charge is 0.462 e. The van der Waals surface area contributed by atoms with Gasteiger partial charge in [-0.05, 0) is 25.2 Å². The minimum atomic E-state index is -0.201. The van der Waals surface area contributed by atoms with Crippen LogP contribution in [0.1, 0.15) is 65.7 Å². The third kappa shape index (κ3) is 8.00. The third-order valence-electron chi connectivity index (χ3n) is 3.11. The van der Waals surface area contributed by atoms with Crippen LogP contribution >= 0.6 is 0 Å². The van der Waals surface area contributed by atoms with Crippen LogP contribution in [0.3, 0.4) is 0 Å². The second-order valence-corrected chi connectivity index (χ2v) is 4.72. The van der Waals surface area contributed by atoms with Crippen molar-refractivity contribution in [2.24, 2.45) is 5.92 Å². The van der Waals surface area contributed by atoms with E-state index < -0.39 is 0 Å². The van der Waals surface area contributed by atoms with Gasteiger partial charge in [-0.2, -0.15) is 0 Å². The van der Waals surface area contributed by atoms with Crippen molar-refractivity contribution < 1.29 is 9.53 Å². The van der Waals surface area contributed by atoms with Crippen molar-refractivity contribution in [1.29, 1.82) is 0 Å². The predicted octanol–water partition coefficient (Wildman–Crippen LogP) is 4.49. The number of carbonyl (C=O) groups excluding carboxylic acids is 1. The number of esters is 1. The van der Waals surface area contributed by atoms with Gasteiger partial charge in [0.25, 0.3) is 0 Å². The number of rotatable bonds is 10. The first-order chi connectivity index (χ1) is 8.15. The van der Waals surface area contributed by atoms with Crippen LogP contribution in [0.5, 0.6) is 0 Å². The van der Waals surface area contributed by atoms with Crippen LogP contribution in [-0.2, 0) is 9.53 Å². The van der Waals surface area contributed by atoms with Crippen molar-refractivity contribution in [2.75, 3.05) is 6.61 Å². The molecule has 0 radical (unpaired) electrons. The van der Waals surface area contributed by atoms with Gasteiger partial charge >= 0.3 is 5.97 Å². The highest BCUT2D eigenvalue weighted by Crippen LogP contribution is 2.14. The summed E-state index contributed by atoms with van der Waals surface area (Å²) < 4.78 is 5.31. The van der Waals surface area contributed by atoms with E-state index in [1.54, 1.807) is 0 Å². The average molecular weight is 240 g/mol. The fourth-order valence-electron chi connectivity index (χ4n) is 1.69. The molecule has 2 nitrogen and oxygen atoms in total. The molecule has 0 bridgehead atoms. The van der Waals surface area contributed by atoms with Crippen LogP contribution in [0.4, 0.5) is 0 Å². The second-order valence-electron chi connectivity index (χ2n) is 4.72. The average Bonchev–Trinajstić information content (AvgIpc) is 2.35. The van der Waals surface area contributed by atoms with E-state index in [9.17, 15) is 4.79 Å². The molecule has 0 aliphatic rings. The van der Waals surface area contributed by atoms with Gasteiger partial charge in [-0.25, -0.2) is 4.79 Å². The summed E-state index contributed by atoms with van der Waals surface area (Å²) in [4.78, 5) is 11.6. The standard InChI is InChI=1S/C15H28O2/c1-5-8-10-13(4)15(16)17-12-14(7-3)11-9-6-2/h14H,4-12H2,1-3H3. The lowest BCUT2D eigenvalue weighted by molar-refractivity contribution is -0.140. The number of unbranched alkanes of at least 4 members (excludes halogenated alkanes) is 2. The molecule has 0 aliphatic heterocycles. The third-order valence-corrected chi connectivity index (χ3v) is 3.11. The zero-order chi connectivity index (χ0) is 13.1. The van der Waals surface area contributed by atoms with E-state index in [1.807, 2.05) is 0 Å². The lowest BCUT2D eigenvalue weighted by atomic mass is 10.0. The molecule has 1 atom stereocenters. The Morgan fingerprint density at radius 2 is 1.82 bits per heavy atom. The van der Waals surface area contributed by atoms with Crippen molar-refractivity contribution in [2.45, 2.75) is 65.7 Å². The quantitative estimate of drug-likeness (QED) is 0.415. The van der Waals surface area contributed by atoms with Gasteiger partial charge in [0, 0.05) is 5.57 Å². The summed E-state index contributed by atoms with van der Waals surface area (Å²) in [5, 5.41) is 0. The molecule has 0 heterocycles. The van der Waals surface area contributed by atoms with Gasteiger partial charge in [-0.1, -0.05) is 53.0 Å². The molecule has 0 rings (SSSR count). The maximum Gasteiger partial charge on any atom is 0.333 e. The van der Waals surface area contributed by atoms with E-state index in [0.29, 0.717) is 18.1 Å². The molecular weight excluding hydrogens is 212 g/mol. The van der Waals surface area contributed by atoms with Crippen molar-refractivity contribution >= 4 is 5.97 Å². The van der Waals surface area contributed by atoms with Crippen LogP contribution in [0.25, 0.3) is 0 Å². The topological polar surface area (TPSA) is 26.3 Å². The summed E-state index contributed by atoms with van der Waals surface area (Å²) in [7, 11) is 0. The van der Waals surface area contributed by atoms with E-state index in [1.165, 1.54) is 12.8 Å². The molecule has 0 aliphatic carbocycles. The molecule has 0 amide bonds. The van der Waals surface area contributed by atoms with E-state index >= 15 is 0 Å². The van der Waals surface area contributed by atoms with Gasteiger partial charge < -0.3 is 4.74 Å². The van der Waals surface area contributed by atoms with Crippen LogP contribution < -0.4 is 0 Å². The Hall–Kier alpha value is -0.790. The molecule has 0 N–H and O–H groups in total. The van der Waals surface area contributed by atoms with Gasteiger partial charge in [-0.15, -0.1) is 0 Å². The van der Waals surface area contributed by atoms with Crippen molar-refractivity contribution in [3.05, 3.63) is 12.2 Å². The van der Waals surface area contributed by atoms with Crippen LogP contribution in [-0.4, -0.2) is 12.6 Å². The van der Waals surface area contributed by atoms with Crippen LogP contribution in [0, 0.1) is 5.92 Å². The van der Waals surface area contributed by atoms with Crippen LogP contribution in [0.2, 0.25) is 0 Å². The molecule has 0 aromatic heterocycles. The first kappa shape index (κ1) is 16.2. The Labute approximate surface area is 106 Å². The zero-order valence-corrected chi connectivity index (χ0v) is 11.8. The Kier molecular flexibility index (Phi) is 9.89. The summed E-state index contributed by atoms with van der Waals surface area (Å²) in [5.41, 5.74) is 0.622. The van der Waals surface area contributed by atoms with Gasteiger partial charge in [0.15, 0.2) is 0 Å². The summed E-state index contributed by atoms with van der Waals surface area (Å²) in [6, 6.07) is 0. The highest BCUT2D eigenvalue weighted by molar-refractivity contribution is 5.87. The summed E-state index contributed by atoms with van der Waals surface area (Å²) in [5.74, 6) is 0.311. The molecule has 0 fully saturated rings. The molecule has 0 saturated heterocycles. The zero-order valence-electron chi connectivity index (χ0n) is 11.8. The summed E-state index contributed by atoms with van der Waals surface area (Å²) in [6.07, 6.45) is 7.51. The molecule has 0 spiro atoms. The SMILES string of the molecule is C=C(CCCC)C(=O)OCC(CC)CCCC. The number of ether oxygens (including phenoxy) is 1. The molecule has 17 heavy (non-hydrogen) atoms. The lowest BCUT2D eigenvalue weighted by Gasteiger charge is -2.15. The van der Waals surface area contributed by atoms with E-state index in [0.717, 1.165) is 32.1 Å². The fraction of sp³-hybridized carbons (Fsp3) is 0.800. The fourth-order valence-corrected chi connectivity index (χ4v) is 1.69. The minimum Gasteiger partial charge on any atom is -0.462 e. The monoisotopic (exact) mass is 240 g/mol. The van der Waals surface area contributed by atoms with Crippen molar-refractivity contribution in [1.82, 2.24) is 0 Å². The maximum atomic E-state index is 11.6. The van der Waals surface area contributed by atoms with Crippen molar-refractivity contribution in [3.8, 4) is 0 Å². The normalized spacial score (nSPS) is 12.2. The molecule has 1 unspecified atom stereocenters. The van der Waals surface area contributed by atoms with E-state index in [4.69, 9.17) is 4.74 Å². The van der Waals surface area contributed by atoms with Crippen LogP contribution in [0.15, 0.2) is 12.2 Å². The van der Waals surface area contributed by atoms with Gasteiger partial charge in [0.05, 0.1) is 6.61 Å². The number of hydrogen-bond donors (Lipinski definition) is 0.